The van der Waals surface area contributed by atoms with Crippen molar-refractivity contribution < 1.29 is 17.2 Å². The van der Waals surface area contributed by atoms with Crippen LogP contribution >= 0.6 is 11.6 Å². The molecule has 0 aromatic heterocycles. The summed E-state index contributed by atoms with van der Waals surface area (Å²) in [4.78, 5) is 1.48. The van der Waals surface area contributed by atoms with Gasteiger partial charge in [0.15, 0.2) is 0 Å². The average Bonchev–Trinajstić information content (AvgIpc) is 2.57. The number of benzene rings is 2. The summed E-state index contributed by atoms with van der Waals surface area (Å²) >= 11 is 5.97. The molecule has 3 rings (SSSR count). The fourth-order valence-electron chi connectivity index (χ4n) is 2.84. The van der Waals surface area contributed by atoms with Crippen LogP contribution in [0.4, 0.5) is 8.78 Å². The van der Waals surface area contributed by atoms with Crippen molar-refractivity contribution in [2.75, 3.05) is 26.2 Å². The predicted octanol–water partition coefficient (Wildman–Crippen LogP) is 3.12. The Bertz CT molecular complexity index is 869. The normalized spacial score (nSPS) is 16.9. The van der Waals surface area contributed by atoms with Gasteiger partial charge in [-0.3, -0.25) is 4.90 Å². The second-order valence-corrected chi connectivity index (χ2v) is 8.23. The van der Waals surface area contributed by atoms with E-state index in [2.05, 4.69) is 4.90 Å². The second-order valence-electron chi connectivity index (χ2n) is 5.88. The van der Waals surface area contributed by atoms with Crippen molar-refractivity contribution in [3.63, 3.8) is 0 Å². The Labute approximate surface area is 150 Å². The fraction of sp³-hybridized carbons (Fsp3) is 0.294. The quantitative estimate of drug-likeness (QED) is 0.810. The van der Waals surface area contributed by atoms with Gasteiger partial charge < -0.3 is 0 Å². The van der Waals surface area contributed by atoms with Gasteiger partial charge in [0.25, 0.3) is 0 Å². The van der Waals surface area contributed by atoms with E-state index in [1.807, 2.05) is 18.2 Å². The summed E-state index contributed by atoms with van der Waals surface area (Å²) in [5, 5.41) is 0.653. The summed E-state index contributed by atoms with van der Waals surface area (Å²) in [5.41, 5.74) is 1.04. The molecule has 0 bridgehead atoms. The van der Waals surface area contributed by atoms with Crippen LogP contribution in [0.1, 0.15) is 5.56 Å². The maximum atomic E-state index is 13.8. The summed E-state index contributed by atoms with van der Waals surface area (Å²) in [5.74, 6) is -1.72. The van der Waals surface area contributed by atoms with Crippen LogP contribution in [0.2, 0.25) is 5.02 Å². The molecule has 1 aliphatic rings. The van der Waals surface area contributed by atoms with E-state index in [1.165, 1.54) is 4.31 Å². The van der Waals surface area contributed by atoms with E-state index < -0.39 is 26.6 Å². The summed E-state index contributed by atoms with van der Waals surface area (Å²) < 4.78 is 53.4. The number of rotatable bonds is 4. The molecular formula is C17H17ClF2N2O2S. The first kappa shape index (κ1) is 18.3. The van der Waals surface area contributed by atoms with Gasteiger partial charge >= 0.3 is 0 Å². The third-order valence-corrected chi connectivity index (χ3v) is 6.29. The lowest BCUT2D eigenvalue weighted by Crippen LogP contribution is -2.48. The minimum atomic E-state index is -4.05. The molecule has 1 fully saturated rings. The van der Waals surface area contributed by atoms with Gasteiger partial charge in [-0.2, -0.15) is 4.31 Å². The first-order valence-corrected chi connectivity index (χ1v) is 9.60. The summed E-state index contributed by atoms with van der Waals surface area (Å²) in [7, 11) is -4.05. The minimum absolute atomic E-state index is 0.221. The van der Waals surface area contributed by atoms with Gasteiger partial charge in [-0.15, -0.1) is 0 Å². The van der Waals surface area contributed by atoms with Gasteiger partial charge in [0.05, 0.1) is 0 Å². The predicted molar refractivity (Wildman–Crippen MR) is 91.8 cm³/mol. The zero-order chi connectivity index (χ0) is 18.0. The number of piperazine rings is 1. The minimum Gasteiger partial charge on any atom is -0.296 e. The molecule has 0 saturated carbocycles. The molecule has 1 aliphatic heterocycles. The largest absolute Gasteiger partial charge is 0.296 e. The van der Waals surface area contributed by atoms with Crippen molar-refractivity contribution in [2.24, 2.45) is 0 Å². The highest BCUT2D eigenvalue weighted by Crippen LogP contribution is 2.22. The van der Waals surface area contributed by atoms with Crippen LogP contribution in [0.15, 0.2) is 47.4 Å². The number of hydrogen-bond acceptors (Lipinski definition) is 3. The lowest BCUT2D eigenvalue weighted by molar-refractivity contribution is 0.181. The Hall–Kier alpha value is -1.54. The first-order valence-electron chi connectivity index (χ1n) is 7.78. The van der Waals surface area contributed by atoms with Crippen LogP contribution in [0.5, 0.6) is 0 Å². The molecular weight excluding hydrogens is 370 g/mol. The Morgan fingerprint density at radius 1 is 1.00 bits per heavy atom. The van der Waals surface area contributed by atoms with Gasteiger partial charge in [0, 0.05) is 37.7 Å². The van der Waals surface area contributed by atoms with Crippen molar-refractivity contribution in [3.05, 3.63) is 64.7 Å². The molecule has 0 N–H and O–H groups in total. The molecule has 134 valence electrons. The van der Waals surface area contributed by atoms with Crippen LogP contribution in [-0.4, -0.2) is 43.8 Å². The molecule has 1 heterocycles. The van der Waals surface area contributed by atoms with Gasteiger partial charge in [-0.05, 0) is 35.9 Å². The van der Waals surface area contributed by atoms with E-state index in [1.54, 1.807) is 6.07 Å². The van der Waals surface area contributed by atoms with Crippen LogP contribution < -0.4 is 0 Å². The van der Waals surface area contributed by atoms with Crippen molar-refractivity contribution in [3.8, 4) is 0 Å². The molecule has 4 nitrogen and oxygen atoms in total. The zero-order valence-electron chi connectivity index (χ0n) is 13.3. The van der Waals surface area contributed by atoms with E-state index in [4.69, 9.17) is 11.6 Å². The Balaban J connectivity index is 1.68. The van der Waals surface area contributed by atoms with E-state index in [0.29, 0.717) is 24.7 Å². The van der Waals surface area contributed by atoms with Crippen LogP contribution in [-0.2, 0) is 16.6 Å². The highest BCUT2D eigenvalue weighted by molar-refractivity contribution is 7.89. The Morgan fingerprint density at radius 3 is 2.40 bits per heavy atom. The number of hydrogen-bond donors (Lipinski definition) is 0. The third-order valence-electron chi connectivity index (χ3n) is 4.14. The Kier molecular flexibility index (Phi) is 5.38. The molecule has 0 radical (unpaired) electrons. The fourth-order valence-corrected chi connectivity index (χ4v) is 4.55. The van der Waals surface area contributed by atoms with E-state index in [0.717, 1.165) is 23.8 Å². The van der Waals surface area contributed by atoms with Gasteiger partial charge in [-0.1, -0.05) is 23.7 Å². The molecule has 8 heteroatoms. The number of sulfonamides is 1. The lowest BCUT2D eigenvalue weighted by Gasteiger charge is -2.34. The van der Waals surface area contributed by atoms with Gasteiger partial charge in [-0.25, -0.2) is 17.2 Å². The highest BCUT2D eigenvalue weighted by Gasteiger charge is 2.31. The van der Waals surface area contributed by atoms with Crippen LogP contribution in [0, 0.1) is 11.6 Å². The van der Waals surface area contributed by atoms with Crippen molar-refractivity contribution in [2.45, 2.75) is 11.4 Å². The number of halogens is 3. The van der Waals surface area contributed by atoms with E-state index >= 15 is 0 Å². The molecule has 2 aromatic rings. The van der Waals surface area contributed by atoms with Crippen LogP contribution in [0.25, 0.3) is 0 Å². The van der Waals surface area contributed by atoms with Crippen molar-refractivity contribution in [1.29, 1.82) is 0 Å². The maximum Gasteiger partial charge on any atom is 0.246 e. The summed E-state index contributed by atoms with van der Waals surface area (Å²) in [6.07, 6.45) is 0. The molecule has 0 spiro atoms. The molecule has 0 aliphatic carbocycles. The number of nitrogens with zero attached hydrogens (tertiary/aromatic N) is 2. The van der Waals surface area contributed by atoms with Gasteiger partial charge in [0.2, 0.25) is 10.0 Å². The summed E-state index contributed by atoms with van der Waals surface area (Å²) in [6, 6.07) is 9.94. The molecule has 2 aromatic carbocycles. The molecule has 0 atom stereocenters. The Morgan fingerprint density at radius 2 is 1.72 bits per heavy atom. The topological polar surface area (TPSA) is 40.6 Å². The highest BCUT2D eigenvalue weighted by atomic mass is 35.5. The summed E-state index contributed by atoms with van der Waals surface area (Å²) in [6.45, 7) is 2.10. The molecule has 25 heavy (non-hydrogen) atoms. The van der Waals surface area contributed by atoms with Crippen molar-refractivity contribution >= 4 is 21.6 Å². The average molecular weight is 387 g/mol. The van der Waals surface area contributed by atoms with Crippen LogP contribution in [0.3, 0.4) is 0 Å². The zero-order valence-corrected chi connectivity index (χ0v) is 14.9. The van der Waals surface area contributed by atoms with E-state index in [-0.39, 0.29) is 13.1 Å². The molecule has 0 amide bonds. The molecule has 0 unspecified atom stereocenters. The smallest absolute Gasteiger partial charge is 0.246 e. The first-order chi connectivity index (χ1) is 11.9. The SMILES string of the molecule is O=S(=O)(c1cc(F)ccc1F)N1CCN(Cc2cccc(Cl)c2)CC1. The lowest BCUT2D eigenvalue weighted by atomic mass is 10.2. The second kappa shape index (κ2) is 7.37. The van der Waals surface area contributed by atoms with E-state index in [9.17, 15) is 17.2 Å². The van der Waals surface area contributed by atoms with Crippen molar-refractivity contribution in [1.82, 2.24) is 9.21 Å². The third kappa shape index (κ3) is 4.17. The standard InChI is InChI=1S/C17H17ClF2N2O2S/c18-14-3-1-2-13(10-14)12-21-6-8-22(9-7-21)25(23,24)17-11-15(19)4-5-16(17)20/h1-5,10-11H,6-9,12H2. The monoisotopic (exact) mass is 386 g/mol. The van der Waals surface area contributed by atoms with Gasteiger partial charge in [0.1, 0.15) is 16.5 Å². The maximum absolute atomic E-state index is 13.8. The molecule has 1 saturated heterocycles.